The average molecular weight is 443 g/mol. The summed E-state index contributed by atoms with van der Waals surface area (Å²) in [6, 6.07) is 0. The van der Waals surface area contributed by atoms with Gasteiger partial charge in [0, 0.05) is 39.3 Å². The van der Waals surface area contributed by atoms with E-state index in [1.807, 2.05) is 41.5 Å². The van der Waals surface area contributed by atoms with E-state index < -0.39 is 13.6 Å². The Morgan fingerprint density at radius 3 is 0.905 bits per heavy atom. The first-order chi connectivity index (χ1) is 9.31. The molecule has 0 fully saturated rings. The van der Waals surface area contributed by atoms with Gasteiger partial charge < -0.3 is 24.0 Å². The summed E-state index contributed by atoms with van der Waals surface area (Å²) in [7, 11) is -3.51. The summed E-state index contributed by atoms with van der Waals surface area (Å²) in [6.45, 7) is 13.4. The van der Waals surface area contributed by atoms with E-state index in [1.165, 1.54) is 0 Å². The lowest BCUT2D eigenvalue weighted by atomic mass is 10.7. The molecule has 0 amide bonds. The van der Waals surface area contributed by atoms with Gasteiger partial charge in [-0.15, -0.1) is 27.2 Å². The zero-order valence-corrected chi connectivity index (χ0v) is 17.1. The third kappa shape index (κ3) is 4.66. The highest BCUT2D eigenvalue weighted by atomic mass is 127. The van der Waals surface area contributed by atoms with Crippen molar-refractivity contribution in [1.29, 1.82) is 0 Å². The fourth-order valence-corrected chi connectivity index (χ4v) is 7.27. The predicted molar refractivity (Wildman–Crippen MR) is 81.7 cm³/mol. The number of rotatable bonds is 9. The standard InChI is InChI=1S/C13H30F3N3P.HI/c1-7-17(8-2)20(13(14,15)16,18(9-3)10-4)19(11-5)12-6;/h7-12H2,1-6H3;1H/q+1;/p-1. The van der Waals surface area contributed by atoms with Crippen LogP contribution >= 0.6 is 7.71 Å². The number of hydrogen-bond donors (Lipinski definition) is 0. The van der Waals surface area contributed by atoms with Crippen LogP contribution in [0.1, 0.15) is 41.5 Å². The van der Waals surface area contributed by atoms with Crippen molar-refractivity contribution < 1.29 is 37.1 Å². The van der Waals surface area contributed by atoms with Crippen LogP contribution in [0.3, 0.4) is 0 Å². The SMILES string of the molecule is CCN(CC)[P+](N(CC)CC)(N(CC)CC)C(F)(F)F.[I-]. The molecule has 0 rings (SSSR count). The zero-order valence-electron chi connectivity index (χ0n) is 14.0. The normalized spacial score (nSPS) is 13.1. The van der Waals surface area contributed by atoms with Crippen LogP contribution in [0.2, 0.25) is 0 Å². The van der Waals surface area contributed by atoms with Crippen LogP contribution in [-0.4, -0.2) is 59.2 Å². The van der Waals surface area contributed by atoms with Gasteiger partial charge in [0.1, 0.15) is 0 Å². The minimum atomic E-state index is -4.23. The molecule has 0 saturated heterocycles. The van der Waals surface area contributed by atoms with E-state index in [9.17, 15) is 13.2 Å². The third-order valence-electron chi connectivity index (χ3n) is 3.71. The molecule has 0 atom stereocenters. The van der Waals surface area contributed by atoms with Crippen LogP contribution in [0.5, 0.6) is 0 Å². The van der Waals surface area contributed by atoms with Gasteiger partial charge in [-0.25, -0.2) is 0 Å². The Bertz CT molecular complexity index is 237. The quantitative estimate of drug-likeness (QED) is 0.393. The molecule has 0 saturated carbocycles. The van der Waals surface area contributed by atoms with Gasteiger partial charge in [0.05, 0.1) is 0 Å². The maximum Gasteiger partial charge on any atom is 0.561 e. The maximum atomic E-state index is 14.2. The molecule has 0 heterocycles. The molecule has 8 heteroatoms. The van der Waals surface area contributed by atoms with E-state index >= 15 is 0 Å². The molecule has 0 radical (unpaired) electrons. The predicted octanol–water partition coefficient (Wildman–Crippen LogP) is 1.30. The summed E-state index contributed by atoms with van der Waals surface area (Å²) in [5, 5.41) is 0. The average Bonchev–Trinajstić information content (AvgIpc) is 2.40. The van der Waals surface area contributed by atoms with Crippen LogP contribution in [0.15, 0.2) is 0 Å². The highest BCUT2D eigenvalue weighted by Crippen LogP contribution is 2.77. The summed E-state index contributed by atoms with van der Waals surface area (Å²) >= 11 is 0. The molecule has 0 bridgehead atoms. The Morgan fingerprint density at radius 1 is 0.619 bits per heavy atom. The van der Waals surface area contributed by atoms with Crippen LogP contribution in [-0.2, 0) is 0 Å². The fraction of sp³-hybridized carbons (Fsp3) is 1.00. The maximum absolute atomic E-state index is 14.2. The van der Waals surface area contributed by atoms with E-state index in [0.29, 0.717) is 39.3 Å². The van der Waals surface area contributed by atoms with Crippen molar-refractivity contribution in [3.8, 4) is 0 Å². The first kappa shape index (κ1) is 24.1. The second-order valence-corrected chi connectivity index (χ2v) is 7.79. The highest BCUT2D eigenvalue weighted by molar-refractivity contribution is 7.70. The van der Waals surface area contributed by atoms with Gasteiger partial charge in [0.25, 0.3) is 0 Å². The van der Waals surface area contributed by atoms with Gasteiger partial charge in [-0.1, -0.05) is 0 Å². The molecule has 0 aromatic rings. The smallest absolute Gasteiger partial charge is 0.561 e. The summed E-state index contributed by atoms with van der Waals surface area (Å²) < 4.78 is 47.4. The van der Waals surface area contributed by atoms with Crippen molar-refractivity contribution >= 4 is 7.71 Å². The summed E-state index contributed by atoms with van der Waals surface area (Å²) in [5.41, 5.74) is 0. The Hall–Kier alpha value is 0.830. The monoisotopic (exact) mass is 443 g/mol. The molecular weight excluding hydrogens is 413 g/mol. The molecule has 0 N–H and O–H groups in total. The number of hydrogen-bond acceptors (Lipinski definition) is 3. The first-order valence-electron chi connectivity index (χ1n) is 7.53. The summed E-state index contributed by atoms with van der Waals surface area (Å²) in [4.78, 5) is 0. The summed E-state index contributed by atoms with van der Waals surface area (Å²) in [6.07, 6.45) is 0. The van der Waals surface area contributed by atoms with Crippen molar-refractivity contribution in [3.63, 3.8) is 0 Å². The minimum Gasteiger partial charge on any atom is -1.00 e. The van der Waals surface area contributed by atoms with Gasteiger partial charge in [0.15, 0.2) is 0 Å². The Kier molecular flexibility index (Phi) is 12.1. The molecule has 130 valence electrons. The topological polar surface area (TPSA) is 9.72 Å². The van der Waals surface area contributed by atoms with Crippen LogP contribution in [0, 0.1) is 0 Å². The van der Waals surface area contributed by atoms with Crippen molar-refractivity contribution in [2.75, 3.05) is 39.3 Å². The molecule has 0 unspecified atom stereocenters. The molecule has 3 nitrogen and oxygen atoms in total. The molecule has 0 aromatic heterocycles. The fourth-order valence-electron chi connectivity index (χ4n) is 2.87. The van der Waals surface area contributed by atoms with E-state index in [1.54, 1.807) is 14.0 Å². The van der Waals surface area contributed by atoms with Crippen molar-refractivity contribution in [3.05, 3.63) is 0 Å². The van der Waals surface area contributed by atoms with Gasteiger partial charge in [-0.3, -0.25) is 0 Å². The van der Waals surface area contributed by atoms with Crippen LogP contribution < -0.4 is 24.0 Å². The zero-order chi connectivity index (χ0) is 16.0. The number of halogens is 4. The molecular formula is C13H30F3IN3P. The van der Waals surface area contributed by atoms with Gasteiger partial charge in [-0.05, 0) is 41.5 Å². The Balaban J connectivity index is 0. The van der Waals surface area contributed by atoms with E-state index in [4.69, 9.17) is 0 Å². The van der Waals surface area contributed by atoms with Gasteiger partial charge in [-0.2, -0.15) is 0 Å². The lowest BCUT2D eigenvalue weighted by Gasteiger charge is -2.45. The second-order valence-electron chi connectivity index (χ2n) is 4.45. The van der Waals surface area contributed by atoms with Crippen molar-refractivity contribution in [2.45, 2.75) is 47.5 Å². The molecule has 0 aliphatic rings. The second kappa shape index (κ2) is 10.6. The third-order valence-corrected chi connectivity index (χ3v) is 8.46. The Labute approximate surface area is 145 Å². The highest BCUT2D eigenvalue weighted by Gasteiger charge is 2.74. The number of alkyl halides is 3. The summed E-state index contributed by atoms with van der Waals surface area (Å²) in [5.74, 6) is -4.23. The lowest BCUT2D eigenvalue weighted by Crippen LogP contribution is -3.00. The number of nitrogens with zero attached hydrogens (tertiary/aromatic N) is 3. The largest absolute Gasteiger partial charge is 1.00 e. The Morgan fingerprint density at radius 2 is 0.810 bits per heavy atom. The molecule has 0 spiro atoms. The van der Waals surface area contributed by atoms with E-state index in [0.717, 1.165) is 0 Å². The van der Waals surface area contributed by atoms with E-state index in [-0.39, 0.29) is 24.0 Å². The van der Waals surface area contributed by atoms with Crippen molar-refractivity contribution in [2.24, 2.45) is 0 Å². The molecule has 21 heavy (non-hydrogen) atoms. The minimum absolute atomic E-state index is 0. The lowest BCUT2D eigenvalue weighted by molar-refractivity contribution is -0.0633. The van der Waals surface area contributed by atoms with E-state index in [2.05, 4.69) is 0 Å². The van der Waals surface area contributed by atoms with Crippen molar-refractivity contribution in [1.82, 2.24) is 14.0 Å². The molecule has 0 aliphatic heterocycles. The van der Waals surface area contributed by atoms with Gasteiger partial charge in [0.2, 0.25) is 0 Å². The van der Waals surface area contributed by atoms with Gasteiger partial charge >= 0.3 is 13.6 Å². The molecule has 0 aliphatic carbocycles. The van der Waals surface area contributed by atoms with Crippen LogP contribution in [0.4, 0.5) is 13.2 Å². The first-order valence-corrected chi connectivity index (χ1v) is 9.18. The molecule has 0 aromatic carbocycles. The van der Waals surface area contributed by atoms with Crippen LogP contribution in [0.25, 0.3) is 0 Å².